The molecule has 0 aliphatic rings. The first kappa shape index (κ1) is 12.9. The van der Waals surface area contributed by atoms with Crippen molar-refractivity contribution >= 4 is 17.4 Å². The van der Waals surface area contributed by atoms with E-state index in [1.165, 1.54) is 12.4 Å². The van der Waals surface area contributed by atoms with Gasteiger partial charge in [-0.3, -0.25) is 9.78 Å². The molecular formula is C13H15N5O. The van der Waals surface area contributed by atoms with Gasteiger partial charge in [-0.05, 0) is 19.1 Å². The van der Waals surface area contributed by atoms with Crippen LogP contribution in [0.2, 0.25) is 0 Å². The fourth-order valence-corrected chi connectivity index (χ4v) is 1.67. The van der Waals surface area contributed by atoms with Crippen LogP contribution in [0.4, 0.5) is 11.5 Å². The van der Waals surface area contributed by atoms with Crippen molar-refractivity contribution in [1.82, 2.24) is 15.0 Å². The fourth-order valence-electron chi connectivity index (χ4n) is 1.67. The Morgan fingerprint density at radius 3 is 2.53 bits per heavy atom. The van der Waals surface area contributed by atoms with E-state index in [9.17, 15) is 4.79 Å². The highest BCUT2D eigenvalue weighted by Crippen LogP contribution is 2.14. The molecule has 0 atom stereocenters. The molecule has 2 heterocycles. The molecule has 1 N–H and O–H groups in total. The minimum absolute atomic E-state index is 0.177. The molecule has 0 spiro atoms. The second kappa shape index (κ2) is 5.90. The maximum atomic E-state index is 12.4. The molecule has 6 nitrogen and oxygen atoms in total. The van der Waals surface area contributed by atoms with E-state index in [0.29, 0.717) is 18.1 Å². The molecule has 98 valence electrons. The van der Waals surface area contributed by atoms with Crippen molar-refractivity contribution in [1.29, 1.82) is 0 Å². The summed E-state index contributed by atoms with van der Waals surface area (Å²) in [6.45, 7) is 2.46. The SMILES string of the molecule is CCN(C(=O)c1cnc(NC)cn1)c1ccncc1. The third-order valence-electron chi connectivity index (χ3n) is 2.66. The summed E-state index contributed by atoms with van der Waals surface area (Å²) in [4.78, 5) is 26.1. The number of carbonyl (C=O) groups is 1. The highest BCUT2D eigenvalue weighted by Gasteiger charge is 2.17. The first-order chi connectivity index (χ1) is 9.26. The van der Waals surface area contributed by atoms with Gasteiger partial charge in [0, 0.05) is 31.7 Å². The van der Waals surface area contributed by atoms with Crippen LogP contribution in [0.3, 0.4) is 0 Å². The Bertz CT molecular complexity index is 541. The standard InChI is InChI=1S/C13H15N5O/c1-3-18(10-4-6-15-7-5-10)13(19)11-8-17-12(14-2)9-16-11/h4-9H,3H2,1-2H3,(H,14,17). The molecule has 0 saturated carbocycles. The lowest BCUT2D eigenvalue weighted by molar-refractivity contribution is 0.0983. The van der Waals surface area contributed by atoms with Crippen molar-refractivity contribution in [3.8, 4) is 0 Å². The van der Waals surface area contributed by atoms with E-state index in [1.807, 2.05) is 6.92 Å². The Kier molecular flexibility index (Phi) is 4.02. The summed E-state index contributed by atoms with van der Waals surface area (Å²) >= 11 is 0. The molecule has 0 radical (unpaired) electrons. The van der Waals surface area contributed by atoms with Gasteiger partial charge in [-0.15, -0.1) is 0 Å². The molecular weight excluding hydrogens is 242 g/mol. The average Bonchev–Trinajstić information content (AvgIpc) is 2.49. The van der Waals surface area contributed by atoms with Gasteiger partial charge in [0.2, 0.25) is 0 Å². The Labute approximate surface area is 111 Å². The topological polar surface area (TPSA) is 71.0 Å². The summed E-state index contributed by atoms with van der Waals surface area (Å²) in [5.41, 5.74) is 1.11. The van der Waals surface area contributed by atoms with E-state index >= 15 is 0 Å². The lowest BCUT2D eigenvalue weighted by atomic mass is 10.3. The number of hydrogen-bond donors (Lipinski definition) is 1. The van der Waals surface area contributed by atoms with Gasteiger partial charge in [0.1, 0.15) is 11.5 Å². The summed E-state index contributed by atoms with van der Waals surface area (Å²) in [6, 6.07) is 3.58. The second-order valence-electron chi connectivity index (χ2n) is 3.79. The van der Waals surface area contributed by atoms with Gasteiger partial charge >= 0.3 is 0 Å². The van der Waals surface area contributed by atoms with E-state index in [4.69, 9.17) is 0 Å². The summed E-state index contributed by atoms with van der Waals surface area (Å²) in [6.07, 6.45) is 6.31. The van der Waals surface area contributed by atoms with Crippen LogP contribution >= 0.6 is 0 Å². The minimum atomic E-state index is -0.177. The maximum Gasteiger partial charge on any atom is 0.278 e. The van der Waals surface area contributed by atoms with Crippen LogP contribution < -0.4 is 10.2 Å². The van der Waals surface area contributed by atoms with Gasteiger partial charge in [-0.25, -0.2) is 9.97 Å². The van der Waals surface area contributed by atoms with Crippen LogP contribution in [0.1, 0.15) is 17.4 Å². The molecule has 0 saturated heterocycles. The van der Waals surface area contributed by atoms with E-state index in [-0.39, 0.29) is 5.91 Å². The van der Waals surface area contributed by atoms with Crippen LogP contribution in [-0.4, -0.2) is 34.5 Å². The van der Waals surface area contributed by atoms with E-state index in [1.54, 1.807) is 36.5 Å². The molecule has 0 aliphatic heterocycles. The molecule has 1 amide bonds. The Hall–Kier alpha value is -2.50. The molecule has 0 bridgehead atoms. The Balaban J connectivity index is 2.25. The lowest BCUT2D eigenvalue weighted by Crippen LogP contribution is -2.31. The van der Waals surface area contributed by atoms with Gasteiger partial charge < -0.3 is 10.2 Å². The highest BCUT2D eigenvalue weighted by atomic mass is 16.2. The molecule has 0 aromatic carbocycles. The summed E-state index contributed by atoms with van der Waals surface area (Å²) in [7, 11) is 1.75. The number of hydrogen-bond acceptors (Lipinski definition) is 5. The Morgan fingerprint density at radius 1 is 1.26 bits per heavy atom. The average molecular weight is 257 g/mol. The second-order valence-corrected chi connectivity index (χ2v) is 3.79. The summed E-state index contributed by atoms with van der Waals surface area (Å²) < 4.78 is 0. The van der Waals surface area contributed by atoms with E-state index < -0.39 is 0 Å². The minimum Gasteiger partial charge on any atom is -0.372 e. The molecule has 0 aliphatic carbocycles. The van der Waals surface area contributed by atoms with Gasteiger partial charge in [0.05, 0.1) is 12.4 Å². The zero-order chi connectivity index (χ0) is 13.7. The zero-order valence-electron chi connectivity index (χ0n) is 10.9. The molecule has 0 fully saturated rings. The maximum absolute atomic E-state index is 12.4. The Morgan fingerprint density at radius 2 is 2.00 bits per heavy atom. The van der Waals surface area contributed by atoms with Crippen LogP contribution in [0, 0.1) is 0 Å². The molecule has 2 aromatic rings. The third kappa shape index (κ3) is 2.85. The predicted octanol–water partition coefficient (Wildman–Crippen LogP) is 1.58. The van der Waals surface area contributed by atoms with Crippen LogP contribution in [0.5, 0.6) is 0 Å². The van der Waals surface area contributed by atoms with Crippen molar-refractivity contribution in [2.24, 2.45) is 0 Å². The number of amides is 1. The summed E-state index contributed by atoms with van der Waals surface area (Å²) in [5, 5.41) is 2.86. The normalized spacial score (nSPS) is 10.0. The van der Waals surface area contributed by atoms with E-state index in [0.717, 1.165) is 5.69 Å². The van der Waals surface area contributed by atoms with Crippen LogP contribution in [0.25, 0.3) is 0 Å². The van der Waals surface area contributed by atoms with Crippen LogP contribution in [-0.2, 0) is 0 Å². The van der Waals surface area contributed by atoms with Gasteiger partial charge in [0.25, 0.3) is 5.91 Å². The number of carbonyl (C=O) groups excluding carboxylic acids is 1. The van der Waals surface area contributed by atoms with Gasteiger partial charge in [-0.1, -0.05) is 0 Å². The molecule has 0 unspecified atom stereocenters. The first-order valence-electron chi connectivity index (χ1n) is 5.98. The summed E-state index contributed by atoms with van der Waals surface area (Å²) in [5.74, 6) is 0.451. The first-order valence-corrected chi connectivity index (χ1v) is 5.98. The largest absolute Gasteiger partial charge is 0.372 e. The van der Waals surface area contributed by atoms with E-state index in [2.05, 4.69) is 20.3 Å². The van der Waals surface area contributed by atoms with Gasteiger partial charge in [0.15, 0.2) is 0 Å². The highest BCUT2D eigenvalue weighted by molar-refractivity contribution is 6.04. The number of nitrogens with one attached hydrogen (secondary N) is 1. The van der Waals surface area contributed by atoms with Crippen molar-refractivity contribution in [2.75, 3.05) is 23.8 Å². The number of rotatable bonds is 4. The molecule has 19 heavy (non-hydrogen) atoms. The predicted molar refractivity (Wildman–Crippen MR) is 73.2 cm³/mol. The van der Waals surface area contributed by atoms with Crippen molar-refractivity contribution in [3.05, 3.63) is 42.6 Å². The van der Waals surface area contributed by atoms with Crippen molar-refractivity contribution in [3.63, 3.8) is 0 Å². The number of nitrogens with zero attached hydrogens (tertiary/aromatic N) is 4. The van der Waals surface area contributed by atoms with Crippen LogP contribution in [0.15, 0.2) is 36.9 Å². The molecule has 6 heteroatoms. The van der Waals surface area contributed by atoms with Crippen molar-refractivity contribution < 1.29 is 4.79 Å². The lowest BCUT2D eigenvalue weighted by Gasteiger charge is -2.20. The fraction of sp³-hybridized carbons (Fsp3) is 0.231. The third-order valence-corrected chi connectivity index (χ3v) is 2.66. The number of aromatic nitrogens is 3. The number of anilines is 2. The monoisotopic (exact) mass is 257 g/mol. The molecule has 2 rings (SSSR count). The van der Waals surface area contributed by atoms with Crippen molar-refractivity contribution in [2.45, 2.75) is 6.92 Å². The smallest absolute Gasteiger partial charge is 0.278 e. The molecule has 2 aromatic heterocycles. The zero-order valence-corrected chi connectivity index (χ0v) is 10.9. The number of pyridine rings is 1. The quantitative estimate of drug-likeness (QED) is 0.900. The van der Waals surface area contributed by atoms with Gasteiger partial charge in [-0.2, -0.15) is 0 Å².